The van der Waals surface area contributed by atoms with Crippen LogP contribution in [0.3, 0.4) is 0 Å². The smallest absolute Gasteiger partial charge is 0.171 e. The van der Waals surface area contributed by atoms with E-state index in [4.69, 9.17) is 17.0 Å². The Labute approximate surface area is 159 Å². The maximum atomic E-state index is 13.6. The highest BCUT2D eigenvalue weighted by atomic mass is 32.1. The van der Waals surface area contributed by atoms with E-state index < -0.39 is 0 Å². The minimum atomic E-state index is -0.242. The van der Waals surface area contributed by atoms with Crippen molar-refractivity contribution in [3.05, 3.63) is 65.0 Å². The van der Waals surface area contributed by atoms with Gasteiger partial charge in [0.1, 0.15) is 5.82 Å². The van der Waals surface area contributed by atoms with E-state index in [2.05, 4.69) is 33.7 Å². The van der Waals surface area contributed by atoms with Gasteiger partial charge in [-0.15, -0.1) is 0 Å². The normalized spacial score (nSPS) is 14.8. The van der Waals surface area contributed by atoms with Gasteiger partial charge >= 0.3 is 0 Å². The summed E-state index contributed by atoms with van der Waals surface area (Å²) in [5.74, 6) is -0.242. The highest BCUT2D eigenvalue weighted by Gasteiger charge is 2.12. The Morgan fingerprint density at radius 2 is 1.88 bits per heavy atom. The predicted octanol–water partition coefficient (Wildman–Crippen LogP) is 3.45. The van der Waals surface area contributed by atoms with Gasteiger partial charge in [-0.05, 0) is 48.0 Å². The van der Waals surface area contributed by atoms with Crippen molar-refractivity contribution in [2.24, 2.45) is 0 Å². The highest BCUT2D eigenvalue weighted by molar-refractivity contribution is 7.80. The van der Waals surface area contributed by atoms with Gasteiger partial charge in [-0.25, -0.2) is 4.39 Å². The summed E-state index contributed by atoms with van der Waals surface area (Å²) >= 11 is 5.34. The van der Waals surface area contributed by atoms with Gasteiger partial charge in [-0.2, -0.15) is 0 Å². The Balaban J connectivity index is 1.56. The lowest BCUT2D eigenvalue weighted by molar-refractivity contribution is 0.0341. The molecular formula is C20H24FN3OS. The van der Waals surface area contributed by atoms with Crippen LogP contribution in [0.1, 0.15) is 16.7 Å². The van der Waals surface area contributed by atoms with Crippen LogP contribution in [0.4, 0.5) is 10.1 Å². The monoisotopic (exact) mass is 373 g/mol. The van der Waals surface area contributed by atoms with E-state index in [0.717, 1.165) is 32.8 Å². The Bertz CT molecular complexity index is 762. The van der Waals surface area contributed by atoms with Gasteiger partial charge in [0, 0.05) is 31.9 Å². The van der Waals surface area contributed by atoms with Gasteiger partial charge in [0.05, 0.1) is 13.2 Å². The zero-order valence-corrected chi connectivity index (χ0v) is 15.7. The van der Waals surface area contributed by atoms with E-state index >= 15 is 0 Å². The van der Waals surface area contributed by atoms with Crippen molar-refractivity contribution in [1.29, 1.82) is 0 Å². The molecule has 26 heavy (non-hydrogen) atoms. The summed E-state index contributed by atoms with van der Waals surface area (Å²) in [6, 6.07) is 13.4. The molecule has 0 amide bonds. The zero-order chi connectivity index (χ0) is 18.4. The number of benzene rings is 2. The second-order valence-electron chi connectivity index (χ2n) is 6.43. The molecule has 3 rings (SSSR count). The number of thiocarbonyl (C=S) groups is 1. The Kier molecular flexibility index (Phi) is 6.55. The summed E-state index contributed by atoms with van der Waals surface area (Å²) in [6.07, 6.45) is 0. The van der Waals surface area contributed by atoms with E-state index in [1.165, 1.54) is 17.2 Å². The molecule has 2 aromatic rings. The van der Waals surface area contributed by atoms with Crippen LogP contribution in [0.15, 0.2) is 42.5 Å². The quantitative estimate of drug-likeness (QED) is 0.785. The topological polar surface area (TPSA) is 36.5 Å². The van der Waals surface area contributed by atoms with Crippen LogP contribution in [0.5, 0.6) is 0 Å². The lowest BCUT2D eigenvalue weighted by Crippen LogP contribution is -2.36. The maximum Gasteiger partial charge on any atom is 0.171 e. The summed E-state index contributed by atoms with van der Waals surface area (Å²) in [7, 11) is 0. The minimum Gasteiger partial charge on any atom is -0.379 e. The first kappa shape index (κ1) is 18.8. The number of anilines is 1. The maximum absolute atomic E-state index is 13.6. The molecule has 0 aromatic heterocycles. The number of nitrogens with one attached hydrogen (secondary N) is 2. The molecule has 1 saturated heterocycles. The fraction of sp³-hybridized carbons (Fsp3) is 0.350. The first-order chi connectivity index (χ1) is 12.6. The SMILES string of the molecule is Cc1ccc(NC(=S)NCc2ccccc2CN2CCOCC2)cc1F. The Hall–Kier alpha value is -2.02. The van der Waals surface area contributed by atoms with Crippen LogP contribution in [0.25, 0.3) is 0 Å². The molecule has 0 bridgehead atoms. The second kappa shape index (κ2) is 9.07. The van der Waals surface area contributed by atoms with Crippen LogP contribution in [0.2, 0.25) is 0 Å². The van der Waals surface area contributed by atoms with Crippen molar-refractivity contribution >= 4 is 23.0 Å². The number of nitrogens with zero attached hydrogens (tertiary/aromatic N) is 1. The van der Waals surface area contributed by atoms with E-state index in [1.54, 1.807) is 13.0 Å². The molecule has 0 aliphatic carbocycles. The largest absolute Gasteiger partial charge is 0.379 e. The first-order valence-corrected chi connectivity index (χ1v) is 9.20. The number of hydrogen-bond acceptors (Lipinski definition) is 3. The molecule has 1 fully saturated rings. The molecule has 138 valence electrons. The predicted molar refractivity (Wildman–Crippen MR) is 107 cm³/mol. The van der Waals surface area contributed by atoms with Gasteiger partial charge in [-0.1, -0.05) is 30.3 Å². The summed E-state index contributed by atoms with van der Waals surface area (Å²) in [6.45, 7) is 6.77. The first-order valence-electron chi connectivity index (χ1n) is 8.80. The summed E-state index contributed by atoms with van der Waals surface area (Å²) < 4.78 is 19.1. The molecule has 0 saturated carbocycles. The number of rotatable bonds is 5. The fourth-order valence-corrected chi connectivity index (χ4v) is 3.10. The number of aryl methyl sites for hydroxylation is 1. The molecule has 0 atom stereocenters. The Morgan fingerprint density at radius 3 is 2.62 bits per heavy atom. The molecule has 0 radical (unpaired) electrons. The lowest BCUT2D eigenvalue weighted by atomic mass is 10.1. The molecule has 2 aromatic carbocycles. The Morgan fingerprint density at radius 1 is 1.15 bits per heavy atom. The third-order valence-corrected chi connectivity index (χ3v) is 4.73. The molecule has 0 unspecified atom stereocenters. The zero-order valence-electron chi connectivity index (χ0n) is 14.9. The number of ether oxygens (including phenoxy) is 1. The van der Waals surface area contributed by atoms with Gasteiger partial charge in [-0.3, -0.25) is 4.90 Å². The van der Waals surface area contributed by atoms with Crippen molar-refractivity contribution in [3.8, 4) is 0 Å². The van der Waals surface area contributed by atoms with E-state index in [9.17, 15) is 4.39 Å². The average Bonchev–Trinajstić information content (AvgIpc) is 2.65. The molecule has 1 aliphatic rings. The summed E-state index contributed by atoms with van der Waals surface area (Å²) in [5.41, 5.74) is 3.75. The van der Waals surface area contributed by atoms with Crippen molar-refractivity contribution in [1.82, 2.24) is 10.2 Å². The van der Waals surface area contributed by atoms with E-state index in [-0.39, 0.29) is 5.82 Å². The number of hydrogen-bond donors (Lipinski definition) is 2. The van der Waals surface area contributed by atoms with Crippen LogP contribution in [0, 0.1) is 12.7 Å². The van der Waals surface area contributed by atoms with Crippen LogP contribution in [-0.4, -0.2) is 36.3 Å². The second-order valence-corrected chi connectivity index (χ2v) is 6.84. The van der Waals surface area contributed by atoms with Gasteiger partial charge in [0.2, 0.25) is 0 Å². The van der Waals surface area contributed by atoms with E-state index in [0.29, 0.717) is 22.9 Å². The highest BCUT2D eigenvalue weighted by Crippen LogP contribution is 2.15. The molecular weight excluding hydrogens is 349 g/mol. The molecule has 1 heterocycles. The van der Waals surface area contributed by atoms with Gasteiger partial charge in [0.25, 0.3) is 0 Å². The van der Waals surface area contributed by atoms with Gasteiger partial charge in [0.15, 0.2) is 5.11 Å². The van der Waals surface area contributed by atoms with Crippen molar-refractivity contribution in [2.75, 3.05) is 31.6 Å². The average molecular weight is 373 g/mol. The number of morpholine rings is 1. The molecule has 4 nitrogen and oxygen atoms in total. The standard InChI is InChI=1S/C20H24FN3OS/c1-15-6-7-18(12-19(15)21)23-20(26)22-13-16-4-2-3-5-17(16)14-24-8-10-25-11-9-24/h2-7,12H,8-11,13-14H2,1H3,(H2,22,23,26). The van der Waals surface area contributed by atoms with E-state index in [1.807, 2.05) is 12.1 Å². The summed E-state index contributed by atoms with van der Waals surface area (Å²) in [5, 5.41) is 6.73. The van der Waals surface area contributed by atoms with Crippen LogP contribution in [-0.2, 0) is 17.8 Å². The minimum absolute atomic E-state index is 0.242. The van der Waals surface area contributed by atoms with Crippen LogP contribution < -0.4 is 10.6 Å². The third-order valence-electron chi connectivity index (χ3n) is 4.49. The van der Waals surface area contributed by atoms with Crippen LogP contribution >= 0.6 is 12.2 Å². The third kappa shape index (κ3) is 5.24. The molecule has 1 aliphatic heterocycles. The van der Waals surface area contributed by atoms with Crippen molar-refractivity contribution in [2.45, 2.75) is 20.0 Å². The molecule has 2 N–H and O–H groups in total. The van der Waals surface area contributed by atoms with Gasteiger partial charge < -0.3 is 15.4 Å². The molecule has 6 heteroatoms. The molecule has 0 spiro atoms. The lowest BCUT2D eigenvalue weighted by Gasteiger charge is -2.27. The van der Waals surface area contributed by atoms with Crippen molar-refractivity contribution < 1.29 is 9.13 Å². The number of halogens is 1. The van der Waals surface area contributed by atoms with Crippen molar-refractivity contribution in [3.63, 3.8) is 0 Å². The fourth-order valence-electron chi connectivity index (χ4n) is 2.91. The summed E-state index contributed by atoms with van der Waals surface area (Å²) in [4.78, 5) is 2.40.